The fourth-order valence-electron chi connectivity index (χ4n) is 3.78. The number of rotatable bonds is 8. The van der Waals surface area contributed by atoms with Gasteiger partial charge in [-0.25, -0.2) is 13.4 Å². The van der Waals surface area contributed by atoms with Crippen LogP contribution in [0.15, 0.2) is 51.8 Å². The summed E-state index contributed by atoms with van der Waals surface area (Å²) in [4.78, 5) is 22.5. The summed E-state index contributed by atoms with van der Waals surface area (Å²) in [5.74, 6) is -0.411. The summed E-state index contributed by atoms with van der Waals surface area (Å²) in [6.45, 7) is 6.05. The van der Waals surface area contributed by atoms with Crippen LogP contribution in [0.1, 0.15) is 23.7 Å². The van der Waals surface area contributed by atoms with Crippen molar-refractivity contribution < 1.29 is 17.9 Å². The number of carbonyl (C=O) groups excluding carboxylic acids is 1. The minimum atomic E-state index is -3.55. The average molecular weight is 553 g/mol. The van der Waals surface area contributed by atoms with Gasteiger partial charge in [0.25, 0.3) is 5.91 Å². The van der Waals surface area contributed by atoms with E-state index < -0.39 is 9.84 Å². The third kappa shape index (κ3) is 5.63. The van der Waals surface area contributed by atoms with Crippen LogP contribution in [0.25, 0.3) is 10.2 Å². The van der Waals surface area contributed by atoms with Gasteiger partial charge in [0, 0.05) is 30.7 Å². The number of sulfone groups is 1. The average Bonchev–Trinajstić information content (AvgIpc) is 3.25. The van der Waals surface area contributed by atoms with Gasteiger partial charge in [-0.3, -0.25) is 14.6 Å². The highest BCUT2D eigenvalue weighted by Gasteiger charge is 2.27. The molecule has 0 atom stereocenters. The molecule has 0 N–H and O–H groups in total. The van der Waals surface area contributed by atoms with Crippen molar-refractivity contribution in [2.24, 2.45) is 0 Å². The Hall–Kier alpha value is -1.85. The Bertz CT molecular complexity index is 1240. The Morgan fingerprint density at radius 2 is 1.97 bits per heavy atom. The van der Waals surface area contributed by atoms with Crippen LogP contribution in [-0.2, 0) is 14.6 Å². The van der Waals surface area contributed by atoms with Gasteiger partial charge in [-0.2, -0.15) is 0 Å². The van der Waals surface area contributed by atoms with Gasteiger partial charge in [-0.05, 0) is 36.8 Å². The fraction of sp³-hybridized carbons (Fsp3) is 0.391. The number of hydrogen-bond acceptors (Lipinski definition) is 7. The molecule has 1 fully saturated rings. The first-order valence-corrected chi connectivity index (χ1v) is 14.1. The lowest BCUT2D eigenvalue weighted by Gasteiger charge is -2.28. The number of anilines is 1. The Morgan fingerprint density at radius 3 is 2.73 bits per heavy atom. The van der Waals surface area contributed by atoms with Crippen molar-refractivity contribution in [3.63, 3.8) is 0 Å². The Labute approximate surface area is 206 Å². The van der Waals surface area contributed by atoms with Gasteiger partial charge < -0.3 is 4.74 Å². The second-order valence-corrected chi connectivity index (χ2v) is 11.9. The molecule has 10 heteroatoms. The monoisotopic (exact) mass is 551 g/mol. The van der Waals surface area contributed by atoms with Gasteiger partial charge in [0.05, 0.1) is 39.6 Å². The first-order chi connectivity index (χ1) is 15.9. The molecule has 0 bridgehead atoms. The molecule has 33 heavy (non-hydrogen) atoms. The van der Waals surface area contributed by atoms with Gasteiger partial charge in [-0.1, -0.05) is 46.3 Å². The van der Waals surface area contributed by atoms with Crippen molar-refractivity contribution in [3.8, 4) is 0 Å². The minimum Gasteiger partial charge on any atom is -0.379 e. The van der Waals surface area contributed by atoms with Gasteiger partial charge in [0.15, 0.2) is 15.0 Å². The maximum Gasteiger partial charge on any atom is 0.261 e. The molecule has 0 saturated carbocycles. The SMILES string of the molecule is CCS(=O)(=O)c1ccccc1C(=O)N(CCCN1CCOCC1)c1nc2ccc(Br)cc2s1. The molecule has 7 nitrogen and oxygen atoms in total. The minimum absolute atomic E-state index is 0.0660. The quantitative estimate of drug-likeness (QED) is 0.417. The van der Waals surface area contributed by atoms with Crippen molar-refractivity contribution in [1.29, 1.82) is 0 Å². The number of carbonyl (C=O) groups is 1. The smallest absolute Gasteiger partial charge is 0.261 e. The number of nitrogens with zero attached hydrogens (tertiary/aromatic N) is 3. The Balaban J connectivity index is 1.66. The first-order valence-electron chi connectivity index (χ1n) is 10.9. The summed E-state index contributed by atoms with van der Waals surface area (Å²) in [6.07, 6.45) is 0.744. The molecule has 1 saturated heterocycles. The van der Waals surface area contributed by atoms with E-state index in [0.29, 0.717) is 11.7 Å². The molecule has 2 aromatic carbocycles. The van der Waals surface area contributed by atoms with E-state index in [0.717, 1.165) is 54.0 Å². The number of hydrogen-bond donors (Lipinski definition) is 0. The molecule has 176 valence electrons. The maximum absolute atomic E-state index is 13.7. The third-order valence-electron chi connectivity index (χ3n) is 5.61. The number of aromatic nitrogens is 1. The topological polar surface area (TPSA) is 79.8 Å². The van der Waals surface area contributed by atoms with E-state index in [4.69, 9.17) is 9.72 Å². The zero-order chi connectivity index (χ0) is 23.4. The summed E-state index contributed by atoms with van der Waals surface area (Å²) >= 11 is 4.91. The lowest BCUT2D eigenvalue weighted by atomic mass is 10.2. The van der Waals surface area contributed by atoms with Crippen LogP contribution in [0, 0.1) is 0 Å². The number of fused-ring (bicyclic) bond motifs is 1. The number of halogens is 1. The highest BCUT2D eigenvalue weighted by atomic mass is 79.9. The van der Waals surface area contributed by atoms with Crippen LogP contribution in [0.3, 0.4) is 0 Å². The molecular formula is C23H26BrN3O4S2. The van der Waals surface area contributed by atoms with Crippen LogP contribution in [-0.4, -0.2) is 69.4 Å². The van der Waals surface area contributed by atoms with E-state index in [9.17, 15) is 13.2 Å². The fourth-order valence-corrected chi connectivity index (χ4v) is 6.41. The van der Waals surface area contributed by atoms with Crippen LogP contribution in [0.4, 0.5) is 5.13 Å². The largest absolute Gasteiger partial charge is 0.379 e. The summed E-state index contributed by atoms with van der Waals surface area (Å²) < 4.78 is 32.7. The molecule has 1 aromatic heterocycles. The second-order valence-electron chi connectivity index (χ2n) is 7.77. The van der Waals surface area contributed by atoms with Crippen molar-refractivity contribution in [3.05, 3.63) is 52.5 Å². The Kier molecular flexibility index (Phi) is 7.80. The number of ether oxygens (including phenoxy) is 1. The zero-order valence-corrected chi connectivity index (χ0v) is 21.6. The van der Waals surface area contributed by atoms with Gasteiger partial charge in [0.2, 0.25) is 0 Å². The summed E-state index contributed by atoms with van der Waals surface area (Å²) in [5.41, 5.74) is 0.991. The molecule has 2 heterocycles. The van der Waals surface area contributed by atoms with Crippen LogP contribution in [0.2, 0.25) is 0 Å². The van der Waals surface area contributed by atoms with Crippen LogP contribution >= 0.6 is 27.3 Å². The van der Waals surface area contributed by atoms with Crippen molar-refractivity contribution in [2.45, 2.75) is 18.2 Å². The molecule has 4 rings (SSSR count). The van der Waals surface area contributed by atoms with E-state index >= 15 is 0 Å². The van der Waals surface area contributed by atoms with Crippen molar-refractivity contribution in [2.75, 3.05) is 50.0 Å². The normalized spacial score (nSPS) is 15.1. The van der Waals surface area contributed by atoms with Gasteiger partial charge in [-0.15, -0.1) is 0 Å². The maximum atomic E-state index is 13.7. The third-order valence-corrected chi connectivity index (χ3v) is 8.93. The van der Waals surface area contributed by atoms with E-state index in [2.05, 4.69) is 20.8 Å². The lowest BCUT2D eigenvalue weighted by Crippen LogP contribution is -2.39. The number of amides is 1. The Morgan fingerprint density at radius 1 is 1.21 bits per heavy atom. The highest BCUT2D eigenvalue weighted by molar-refractivity contribution is 9.10. The standard InChI is InChI=1S/C23H26BrN3O4S2/c1-2-33(29,30)21-7-4-3-6-18(21)22(28)27(11-5-10-26-12-14-31-15-13-26)23-25-19-9-8-17(24)16-20(19)32-23/h3-4,6-9,16H,2,5,10-15H2,1H3. The predicted molar refractivity (Wildman–Crippen MR) is 135 cm³/mol. The molecule has 0 spiro atoms. The number of benzene rings is 2. The van der Waals surface area contributed by atoms with E-state index in [1.165, 1.54) is 17.4 Å². The predicted octanol–water partition coefficient (Wildman–Crippen LogP) is 4.22. The van der Waals surface area contributed by atoms with Crippen LogP contribution < -0.4 is 4.90 Å². The van der Waals surface area contributed by atoms with E-state index in [1.807, 2.05) is 18.2 Å². The van der Waals surface area contributed by atoms with Crippen molar-refractivity contribution in [1.82, 2.24) is 9.88 Å². The molecular weight excluding hydrogens is 526 g/mol. The summed E-state index contributed by atoms with van der Waals surface area (Å²) in [5, 5.41) is 0.568. The van der Waals surface area contributed by atoms with Gasteiger partial charge in [0.1, 0.15) is 0 Å². The molecule has 3 aromatic rings. The van der Waals surface area contributed by atoms with Crippen molar-refractivity contribution >= 4 is 58.4 Å². The molecule has 0 radical (unpaired) electrons. The van der Waals surface area contributed by atoms with E-state index in [-0.39, 0.29) is 22.1 Å². The highest BCUT2D eigenvalue weighted by Crippen LogP contribution is 2.32. The molecule has 1 aliphatic heterocycles. The summed E-state index contributed by atoms with van der Waals surface area (Å²) in [6, 6.07) is 12.2. The number of morpholine rings is 1. The first kappa shape index (κ1) is 24.3. The zero-order valence-electron chi connectivity index (χ0n) is 18.4. The molecule has 1 aliphatic rings. The summed E-state index contributed by atoms with van der Waals surface area (Å²) in [7, 11) is -3.55. The van der Waals surface area contributed by atoms with E-state index in [1.54, 1.807) is 30.0 Å². The van der Waals surface area contributed by atoms with Crippen LogP contribution in [0.5, 0.6) is 0 Å². The number of thiazole rings is 1. The molecule has 0 unspecified atom stereocenters. The molecule has 0 aliphatic carbocycles. The second kappa shape index (κ2) is 10.6. The van der Waals surface area contributed by atoms with Gasteiger partial charge >= 0.3 is 0 Å². The molecule has 1 amide bonds. The lowest BCUT2D eigenvalue weighted by molar-refractivity contribution is 0.0376.